The minimum absolute atomic E-state index is 0.00123. The minimum atomic E-state index is -1.59. The molecule has 1 aromatic carbocycles. The molecule has 0 heterocycles. The van der Waals surface area contributed by atoms with E-state index in [0.717, 1.165) is 0 Å². The van der Waals surface area contributed by atoms with Crippen molar-refractivity contribution >= 4 is 41.4 Å². The maximum absolute atomic E-state index is 13.2. The van der Waals surface area contributed by atoms with Gasteiger partial charge in [0.25, 0.3) is 0 Å². The fraction of sp³-hybridized carbons (Fsp3) is 0.542. The molecule has 0 saturated heterocycles. The van der Waals surface area contributed by atoms with Crippen LogP contribution in [0.5, 0.6) is 5.75 Å². The topological polar surface area (TPSA) is 214 Å². The molecule has 0 bridgehead atoms. The molecule has 13 heteroatoms. The van der Waals surface area contributed by atoms with Crippen LogP contribution in [0.2, 0.25) is 0 Å². The molecule has 5 atom stereocenters. The molecule has 0 aliphatic carbocycles. The highest BCUT2D eigenvalue weighted by molar-refractivity contribution is 7.98. The molecule has 0 aliphatic heterocycles. The molecular weight excluding hydrogens is 502 g/mol. The Morgan fingerprint density at radius 3 is 2.00 bits per heavy atom. The first-order valence-corrected chi connectivity index (χ1v) is 13.2. The number of hydrogen-bond acceptors (Lipinski definition) is 8. The number of carboxylic acid groups (broad SMARTS) is 1. The van der Waals surface area contributed by atoms with Crippen molar-refractivity contribution in [2.45, 2.75) is 63.7 Å². The van der Waals surface area contributed by atoms with Crippen molar-refractivity contribution in [1.82, 2.24) is 16.0 Å². The van der Waals surface area contributed by atoms with E-state index in [9.17, 15) is 34.2 Å². The SMILES string of the molecule is CCC(C)C(N)C(=O)NC(CCSC)C(=O)NC(Cc1ccc(O)cc1)C(=O)NC(CC(N)=O)C(=O)O. The molecule has 0 radical (unpaired) electrons. The first-order valence-electron chi connectivity index (χ1n) is 11.8. The number of carboxylic acids is 1. The molecule has 206 valence electrons. The van der Waals surface area contributed by atoms with Gasteiger partial charge in [0.05, 0.1) is 12.5 Å². The molecular formula is C24H37N5O7S. The van der Waals surface area contributed by atoms with E-state index in [0.29, 0.717) is 17.7 Å². The second-order valence-electron chi connectivity index (χ2n) is 8.76. The minimum Gasteiger partial charge on any atom is -0.508 e. The standard InChI is InChI=1S/C24H37N5O7S/c1-4-13(2)20(26)23(34)27-16(9-10-37-3)21(32)28-17(11-14-5-7-15(30)8-6-14)22(33)29-18(24(35)36)12-19(25)31/h5-8,13,16-18,20,30H,4,9-12,26H2,1-3H3,(H2,25,31)(H,27,34)(H,28,32)(H,29,33)(H,35,36). The Kier molecular flexibility index (Phi) is 13.5. The lowest BCUT2D eigenvalue weighted by molar-refractivity contribution is -0.143. The summed E-state index contributed by atoms with van der Waals surface area (Å²) in [5.41, 5.74) is 11.7. The number of aliphatic carboxylic acids is 1. The van der Waals surface area contributed by atoms with Gasteiger partial charge in [-0.1, -0.05) is 32.4 Å². The van der Waals surface area contributed by atoms with E-state index < -0.39 is 60.2 Å². The number of hydrogen-bond donors (Lipinski definition) is 7. The number of primary amides is 1. The van der Waals surface area contributed by atoms with E-state index in [-0.39, 0.29) is 24.5 Å². The summed E-state index contributed by atoms with van der Waals surface area (Å²) >= 11 is 1.47. The van der Waals surface area contributed by atoms with Crippen LogP contribution in [0.4, 0.5) is 0 Å². The number of amides is 4. The van der Waals surface area contributed by atoms with Gasteiger partial charge >= 0.3 is 5.97 Å². The lowest BCUT2D eigenvalue weighted by Gasteiger charge is -2.26. The largest absolute Gasteiger partial charge is 0.508 e. The van der Waals surface area contributed by atoms with Crippen LogP contribution in [0, 0.1) is 5.92 Å². The van der Waals surface area contributed by atoms with Crippen molar-refractivity contribution in [3.63, 3.8) is 0 Å². The van der Waals surface area contributed by atoms with Gasteiger partial charge in [0.1, 0.15) is 23.9 Å². The van der Waals surface area contributed by atoms with Crippen molar-refractivity contribution in [2.24, 2.45) is 17.4 Å². The van der Waals surface area contributed by atoms with Crippen LogP contribution in [-0.4, -0.2) is 76.0 Å². The molecule has 5 unspecified atom stereocenters. The zero-order chi connectivity index (χ0) is 28.1. The molecule has 1 aromatic rings. The molecule has 0 aliphatic rings. The number of rotatable bonds is 16. The highest BCUT2D eigenvalue weighted by Gasteiger charge is 2.31. The monoisotopic (exact) mass is 539 g/mol. The van der Waals surface area contributed by atoms with Crippen molar-refractivity contribution < 1.29 is 34.2 Å². The third kappa shape index (κ3) is 11.1. The fourth-order valence-electron chi connectivity index (χ4n) is 3.31. The summed E-state index contributed by atoms with van der Waals surface area (Å²) in [6.45, 7) is 3.72. The van der Waals surface area contributed by atoms with E-state index in [4.69, 9.17) is 11.5 Å². The smallest absolute Gasteiger partial charge is 0.326 e. The Labute approximate surface area is 220 Å². The van der Waals surface area contributed by atoms with Crippen LogP contribution in [0.3, 0.4) is 0 Å². The number of phenols is 1. The van der Waals surface area contributed by atoms with Gasteiger partial charge in [0.15, 0.2) is 0 Å². The lowest BCUT2D eigenvalue weighted by Crippen LogP contribution is -2.58. The van der Waals surface area contributed by atoms with E-state index in [1.807, 2.05) is 20.1 Å². The summed E-state index contributed by atoms with van der Waals surface area (Å²) in [5, 5.41) is 26.4. The molecule has 0 fully saturated rings. The zero-order valence-electron chi connectivity index (χ0n) is 21.2. The summed E-state index contributed by atoms with van der Waals surface area (Å²) in [4.78, 5) is 61.7. The lowest BCUT2D eigenvalue weighted by atomic mass is 9.99. The van der Waals surface area contributed by atoms with Crippen molar-refractivity contribution in [3.8, 4) is 5.75 Å². The second-order valence-corrected chi connectivity index (χ2v) is 9.74. The highest BCUT2D eigenvalue weighted by atomic mass is 32.2. The summed E-state index contributed by atoms with van der Waals surface area (Å²) in [6.07, 6.45) is 2.07. The Morgan fingerprint density at radius 2 is 1.49 bits per heavy atom. The Bertz CT molecular complexity index is 944. The van der Waals surface area contributed by atoms with Crippen LogP contribution in [0.1, 0.15) is 38.7 Å². The molecule has 0 saturated carbocycles. The Hall–Kier alpha value is -3.32. The average molecular weight is 540 g/mol. The van der Waals surface area contributed by atoms with Crippen LogP contribution < -0.4 is 27.4 Å². The normalized spacial score (nSPS) is 14.9. The second kappa shape index (κ2) is 15.7. The van der Waals surface area contributed by atoms with Crippen LogP contribution in [0.15, 0.2) is 24.3 Å². The average Bonchev–Trinajstić information content (AvgIpc) is 2.85. The summed E-state index contributed by atoms with van der Waals surface area (Å²) in [7, 11) is 0. The third-order valence-corrected chi connectivity index (χ3v) is 6.48. The van der Waals surface area contributed by atoms with Gasteiger partial charge < -0.3 is 37.6 Å². The Morgan fingerprint density at radius 1 is 0.946 bits per heavy atom. The predicted octanol–water partition coefficient (Wildman–Crippen LogP) is -0.524. The maximum Gasteiger partial charge on any atom is 0.326 e. The first kappa shape index (κ1) is 31.7. The van der Waals surface area contributed by atoms with Gasteiger partial charge in [-0.2, -0.15) is 11.8 Å². The van der Waals surface area contributed by atoms with Crippen LogP contribution in [-0.2, 0) is 30.4 Å². The molecule has 37 heavy (non-hydrogen) atoms. The number of phenolic OH excluding ortho intramolecular Hbond substituents is 1. The van der Waals surface area contributed by atoms with Gasteiger partial charge in [-0.25, -0.2) is 4.79 Å². The molecule has 1 rings (SSSR count). The van der Waals surface area contributed by atoms with E-state index in [1.165, 1.54) is 36.0 Å². The molecule has 0 aromatic heterocycles. The molecule has 12 nitrogen and oxygen atoms in total. The maximum atomic E-state index is 13.2. The van der Waals surface area contributed by atoms with E-state index in [1.54, 1.807) is 0 Å². The number of carbonyl (C=O) groups is 5. The van der Waals surface area contributed by atoms with Gasteiger partial charge in [0.2, 0.25) is 23.6 Å². The van der Waals surface area contributed by atoms with Crippen LogP contribution >= 0.6 is 11.8 Å². The Balaban J connectivity index is 3.16. The van der Waals surface area contributed by atoms with Gasteiger partial charge in [0, 0.05) is 6.42 Å². The number of nitrogens with two attached hydrogens (primary N) is 2. The molecule has 0 spiro atoms. The number of carbonyl (C=O) groups excluding carboxylic acids is 4. The van der Waals surface area contributed by atoms with Gasteiger partial charge in [-0.15, -0.1) is 0 Å². The van der Waals surface area contributed by atoms with Crippen molar-refractivity contribution in [2.75, 3.05) is 12.0 Å². The quantitative estimate of drug-likeness (QED) is 0.144. The number of nitrogens with one attached hydrogen (secondary N) is 3. The number of benzene rings is 1. The highest BCUT2D eigenvalue weighted by Crippen LogP contribution is 2.13. The van der Waals surface area contributed by atoms with Gasteiger partial charge in [-0.3, -0.25) is 19.2 Å². The number of aromatic hydroxyl groups is 1. The fourth-order valence-corrected chi connectivity index (χ4v) is 3.78. The van der Waals surface area contributed by atoms with Gasteiger partial charge in [-0.05, 0) is 42.0 Å². The zero-order valence-corrected chi connectivity index (χ0v) is 22.0. The van der Waals surface area contributed by atoms with E-state index >= 15 is 0 Å². The summed E-state index contributed by atoms with van der Waals surface area (Å²) in [5.74, 6) is -3.99. The molecule has 4 amide bonds. The van der Waals surface area contributed by atoms with Crippen molar-refractivity contribution in [1.29, 1.82) is 0 Å². The first-order chi connectivity index (χ1) is 17.4. The van der Waals surface area contributed by atoms with Crippen LogP contribution in [0.25, 0.3) is 0 Å². The summed E-state index contributed by atoms with van der Waals surface area (Å²) in [6, 6.07) is 1.21. The third-order valence-electron chi connectivity index (χ3n) is 5.83. The van der Waals surface area contributed by atoms with Crippen molar-refractivity contribution in [3.05, 3.63) is 29.8 Å². The molecule has 9 N–H and O–H groups in total. The number of thioether (sulfide) groups is 1. The van der Waals surface area contributed by atoms with E-state index in [2.05, 4.69) is 16.0 Å². The summed E-state index contributed by atoms with van der Waals surface area (Å²) < 4.78 is 0. The predicted molar refractivity (Wildman–Crippen MR) is 139 cm³/mol.